The fourth-order valence-corrected chi connectivity index (χ4v) is 6.12. The van der Waals surface area contributed by atoms with Gasteiger partial charge in [0.15, 0.2) is 0 Å². The van der Waals surface area contributed by atoms with E-state index in [-0.39, 0.29) is 11.5 Å². The van der Waals surface area contributed by atoms with E-state index in [0.29, 0.717) is 5.92 Å². The lowest BCUT2D eigenvalue weighted by Crippen LogP contribution is -2.37. The minimum atomic E-state index is -0.0265. The van der Waals surface area contributed by atoms with Crippen molar-refractivity contribution in [3.63, 3.8) is 0 Å². The first-order valence-electron chi connectivity index (χ1n) is 10.9. The van der Waals surface area contributed by atoms with Gasteiger partial charge in [0, 0.05) is 40.0 Å². The van der Waals surface area contributed by atoms with Gasteiger partial charge in [-0.25, -0.2) is 9.97 Å². The molecule has 0 radical (unpaired) electrons. The number of aromatic nitrogens is 2. The van der Waals surface area contributed by atoms with Gasteiger partial charge in [-0.1, -0.05) is 48.9 Å². The van der Waals surface area contributed by atoms with Crippen LogP contribution in [0.4, 0.5) is 11.5 Å². The van der Waals surface area contributed by atoms with E-state index < -0.39 is 0 Å². The number of aryl methyl sites for hydroxylation is 1. The maximum atomic E-state index is 6.52. The Kier molecular flexibility index (Phi) is 4.15. The molecule has 3 heterocycles. The highest BCUT2D eigenvalue weighted by Crippen LogP contribution is 2.55. The largest absolute Gasteiger partial charge is 0.325 e. The average molecular weight is 417 g/mol. The van der Waals surface area contributed by atoms with Crippen LogP contribution in [0.1, 0.15) is 54.1 Å². The minimum absolute atomic E-state index is 0.0265. The van der Waals surface area contributed by atoms with Gasteiger partial charge in [-0.05, 0) is 61.1 Å². The monoisotopic (exact) mass is 416 g/mol. The number of nitrogens with one attached hydrogen (secondary N) is 1. The van der Waals surface area contributed by atoms with Crippen molar-refractivity contribution in [2.75, 3.05) is 18.0 Å². The molecule has 0 unspecified atom stereocenters. The number of hydrogen-bond donors (Lipinski definition) is 1. The quantitative estimate of drug-likeness (QED) is 0.615. The Morgan fingerprint density at radius 1 is 1.13 bits per heavy atom. The molecule has 4 nitrogen and oxygen atoms in total. The Morgan fingerprint density at radius 3 is 2.87 bits per heavy atom. The maximum absolute atomic E-state index is 6.52. The molecule has 0 amide bonds. The summed E-state index contributed by atoms with van der Waals surface area (Å²) in [5.41, 5.74) is 6.44. The van der Waals surface area contributed by atoms with Crippen molar-refractivity contribution in [2.45, 2.75) is 43.6 Å². The highest BCUT2D eigenvalue weighted by atomic mass is 35.5. The number of halogens is 1. The molecular weight excluding hydrogens is 392 g/mol. The molecule has 2 aromatic carbocycles. The first-order valence-corrected chi connectivity index (χ1v) is 11.2. The van der Waals surface area contributed by atoms with E-state index >= 15 is 0 Å². The van der Waals surface area contributed by atoms with Crippen LogP contribution in [-0.4, -0.2) is 23.1 Å². The van der Waals surface area contributed by atoms with Gasteiger partial charge in [0.05, 0.1) is 0 Å². The van der Waals surface area contributed by atoms with Gasteiger partial charge in [-0.15, -0.1) is 0 Å². The SMILES string of the molecule is C[C@@H]1CCc2ncnc(N3C[C@]4(CCN[C@@H]4c4ccccc4)c4cc(Cl)ccc43)c21. The highest BCUT2D eigenvalue weighted by molar-refractivity contribution is 6.30. The Hall–Kier alpha value is -2.43. The summed E-state index contributed by atoms with van der Waals surface area (Å²) in [5.74, 6) is 1.58. The van der Waals surface area contributed by atoms with Crippen molar-refractivity contribution in [1.29, 1.82) is 0 Å². The smallest absolute Gasteiger partial charge is 0.140 e. The lowest BCUT2D eigenvalue weighted by molar-refractivity contribution is 0.404. The molecule has 3 aliphatic rings. The number of hydrogen-bond acceptors (Lipinski definition) is 4. The van der Waals surface area contributed by atoms with Gasteiger partial charge in [0.25, 0.3) is 0 Å². The minimum Gasteiger partial charge on any atom is -0.325 e. The Morgan fingerprint density at radius 2 is 2.00 bits per heavy atom. The van der Waals surface area contributed by atoms with Crippen molar-refractivity contribution in [2.24, 2.45) is 0 Å². The molecule has 1 aromatic heterocycles. The third kappa shape index (κ3) is 2.57. The second kappa shape index (κ2) is 6.79. The first-order chi connectivity index (χ1) is 14.7. The van der Waals surface area contributed by atoms with Crippen LogP contribution >= 0.6 is 11.6 Å². The van der Waals surface area contributed by atoms with Crippen LogP contribution in [0.2, 0.25) is 5.02 Å². The van der Waals surface area contributed by atoms with Crippen LogP contribution in [0.5, 0.6) is 0 Å². The van der Waals surface area contributed by atoms with E-state index in [0.717, 1.165) is 43.2 Å². The summed E-state index contributed by atoms with van der Waals surface area (Å²) in [6.45, 7) is 4.21. The van der Waals surface area contributed by atoms with E-state index in [1.54, 1.807) is 6.33 Å². The molecule has 2 aliphatic heterocycles. The van der Waals surface area contributed by atoms with Crippen LogP contribution in [0, 0.1) is 0 Å². The van der Waals surface area contributed by atoms with Gasteiger partial charge < -0.3 is 10.2 Å². The standard InChI is InChI=1S/C25H25ClN4/c1-16-7-9-20-22(16)24(29-15-28-20)30-14-25(19-13-18(26)8-10-21(19)30)11-12-27-23(25)17-5-3-2-4-6-17/h2-6,8,10,13,15-16,23,27H,7,9,11-12,14H2,1H3/t16-,23-,25-/m1/s1. The van der Waals surface area contributed by atoms with Crippen molar-refractivity contribution in [3.05, 3.63) is 82.3 Å². The van der Waals surface area contributed by atoms with E-state index in [1.165, 1.54) is 28.1 Å². The summed E-state index contributed by atoms with van der Waals surface area (Å²) >= 11 is 6.52. The van der Waals surface area contributed by atoms with Crippen molar-refractivity contribution >= 4 is 23.1 Å². The molecule has 3 aromatic rings. The Bertz CT molecular complexity index is 1120. The second-order valence-corrected chi connectivity index (χ2v) is 9.39. The summed E-state index contributed by atoms with van der Waals surface area (Å²) in [6.07, 6.45) is 5.03. The van der Waals surface area contributed by atoms with Crippen molar-refractivity contribution < 1.29 is 0 Å². The molecule has 1 fully saturated rings. The van der Waals surface area contributed by atoms with Gasteiger partial charge in [-0.2, -0.15) is 0 Å². The Balaban J connectivity index is 1.53. The molecule has 1 N–H and O–H groups in total. The molecule has 0 saturated carbocycles. The van der Waals surface area contributed by atoms with E-state index in [2.05, 4.69) is 64.6 Å². The number of benzene rings is 2. The van der Waals surface area contributed by atoms with Crippen LogP contribution in [0.3, 0.4) is 0 Å². The third-order valence-electron chi connectivity index (χ3n) is 7.34. The predicted octanol–water partition coefficient (Wildman–Crippen LogP) is 5.30. The summed E-state index contributed by atoms with van der Waals surface area (Å²) in [4.78, 5) is 11.9. The molecule has 1 spiro atoms. The molecular formula is C25H25ClN4. The summed E-state index contributed by atoms with van der Waals surface area (Å²) in [6, 6.07) is 17.5. The number of anilines is 2. The van der Waals surface area contributed by atoms with E-state index in [4.69, 9.17) is 16.6 Å². The Labute approximate surface area is 182 Å². The molecule has 1 aliphatic carbocycles. The zero-order valence-electron chi connectivity index (χ0n) is 17.1. The first kappa shape index (κ1) is 18.3. The number of rotatable bonds is 2. The zero-order chi connectivity index (χ0) is 20.3. The number of fused-ring (bicyclic) bond motifs is 3. The molecule has 6 rings (SSSR count). The third-order valence-corrected chi connectivity index (χ3v) is 7.57. The average Bonchev–Trinajstić information content (AvgIpc) is 3.46. The summed E-state index contributed by atoms with van der Waals surface area (Å²) < 4.78 is 0. The molecule has 1 saturated heterocycles. The van der Waals surface area contributed by atoms with Crippen molar-refractivity contribution in [3.8, 4) is 0 Å². The molecule has 0 bridgehead atoms. The fraction of sp³-hybridized carbons (Fsp3) is 0.360. The predicted molar refractivity (Wildman–Crippen MR) is 121 cm³/mol. The molecule has 152 valence electrons. The second-order valence-electron chi connectivity index (χ2n) is 8.95. The summed E-state index contributed by atoms with van der Waals surface area (Å²) in [5, 5.41) is 4.60. The van der Waals surface area contributed by atoms with Crippen LogP contribution in [-0.2, 0) is 11.8 Å². The molecule has 30 heavy (non-hydrogen) atoms. The topological polar surface area (TPSA) is 41.1 Å². The van der Waals surface area contributed by atoms with Crippen LogP contribution < -0.4 is 10.2 Å². The zero-order valence-corrected chi connectivity index (χ0v) is 17.9. The highest BCUT2D eigenvalue weighted by Gasteiger charge is 2.52. The van der Waals surface area contributed by atoms with Crippen LogP contribution in [0.25, 0.3) is 0 Å². The van der Waals surface area contributed by atoms with Gasteiger partial charge in [0.1, 0.15) is 12.1 Å². The van der Waals surface area contributed by atoms with Gasteiger partial charge >= 0.3 is 0 Å². The number of nitrogens with zero attached hydrogens (tertiary/aromatic N) is 3. The van der Waals surface area contributed by atoms with Gasteiger partial charge in [-0.3, -0.25) is 0 Å². The van der Waals surface area contributed by atoms with E-state index in [1.807, 2.05) is 6.07 Å². The summed E-state index contributed by atoms with van der Waals surface area (Å²) in [7, 11) is 0. The van der Waals surface area contributed by atoms with Crippen molar-refractivity contribution in [1.82, 2.24) is 15.3 Å². The fourth-order valence-electron chi connectivity index (χ4n) is 5.94. The molecule has 5 heteroatoms. The van der Waals surface area contributed by atoms with E-state index in [9.17, 15) is 0 Å². The molecule has 3 atom stereocenters. The lowest BCUT2D eigenvalue weighted by atomic mass is 9.73. The van der Waals surface area contributed by atoms with Crippen LogP contribution in [0.15, 0.2) is 54.9 Å². The lowest BCUT2D eigenvalue weighted by Gasteiger charge is -2.33. The van der Waals surface area contributed by atoms with Gasteiger partial charge in [0.2, 0.25) is 0 Å². The maximum Gasteiger partial charge on any atom is 0.140 e. The normalized spacial score (nSPS) is 26.9.